The molecule has 2 heterocycles. The topological polar surface area (TPSA) is 42.1 Å². The Hall–Kier alpha value is -1.97. The van der Waals surface area contributed by atoms with E-state index in [-0.39, 0.29) is 11.9 Å². The maximum Gasteiger partial charge on any atom is 0.193 e. The minimum absolute atomic E-state index is 0.0924. The van der Waals surface area contributed by atoms with Gasteiger partial charge < -0.3 is 9.47 Å². The van der Waals surface area contributed by atoms with Crippen LogP contribution in [0, 0.1) is 0 Å². The predicted molar refractivity (Wildman–Crippen MR) is 83.2 cm³/mol. The molecule has 0 aromatic heterocycles. The number of hydrogen-bond donors (Lipinski definition) is 0. The van der Waals surface area contributed by atoms with E-state index in [1.54, 1.807) is 0 Å². The minimum Gasteiger partial charge on any atom is -0.373 e. The van der Waals surface area contributed by atoms with Crippen molar-refractivity contribution < 1.29 is 14.3 Å². The SMILES string of the molecule is O=C(c1ccccc1)c1cccc(CC2CO2)c1CC1CO1. The number of ketones is 1. The lowest BCUT2D eigenvalue weighted by atomic mass is 9.90. The minimum atomic E-state index is 0.0924. The molecule has 0 N–H and O–H groups in total. The van der Waals surface area contributed by atoms with E-state index in [2.05, 4.69) is 6.07 Å². The van der Waals surface area contributed by atoms with Crippen LogP contribution in [0.5, 0.6) is 0 Å². The van der Waals surface area contributed by atoms with Crippen LogP contribution in [-0.4, -0.2) is 31.2 Å². The molecule has 2 atom stereocenters. The number of carbonyl (C=O) groups is 1. The molecule has 2 aliphatic rings. The molecule has 4 rings (SSSR count). The number of rotatable bonds is 6. The van der Waals surface area contributed by atoms with E-state index in [0.717, 1.165) is 42.7 Å². The molecule has 3 nitrogen and oxygen atoms in total. The summed E-state index contributed by atoms with van der Waals surface area (Å²) < 4.78 is 10.7. The summed E-state index contributed by atoms with van der Waals surface area (Å²) in [6.07, 6.45) is 2.29. The summed E-state index contributed by atoms with van der Waals surface area (Å²) in [5, 5.41) is 0. The zero-order valence-corrected chi connectivity index (χ0v) is 12.3. The Morgan fingerprint density at radius 2 is 1.59 bits per heavy atom. The van der Waals surface area contributed by atoms with Gasteiger partial charge in [0.25, 0.3) is 0 Å². The summed E-state index contributed by atoms with van der Waals surface area (Å²) >= 11 is 0. The van der Waals surface area contributed by atoms with Crippen LogP contribution < -0.4 is 0 Å². The number of ether oxygens (including phenoxy) is 2. The van der Waals surface area contributed by atoms with Crippen molar-refractivity contribution in [3.63, 3.8) is 0 Å². The van der Waals surface area contributed by atoms with Crippen LogP contribution in [0.2, 0.25) is 0 Å². The lowest BCUT2D eigenvalue weighted by molar-refractivity contribution is 0.103. The molecule has 0 bridgehead atoms. The van der Waals surface area contributed by atoms with Crippen LogP contribution in [-0.2, 0) is 22.3 Å². The van der Waals surface area contributed by atoms with Gasteiger partial charge >= 0.3 is 0 Å². The first kappa shape index (κ1) is 13.7. The van der Waals surface area contributed by atoms with Gasteiger partial charge in [-0.15, -0.1) is 0 Å². The highest BCUT2D eigenvalue weighted by atomic mass is 16.6. The Morgan fingerprint density at radius 1 is 0.909 bits per heavy atom. The van der Waals surface area contributed by atoms with Crippen molar-refractivity contribution in [2.75, 3.05) is 13.2 Å². The van der Waals surface area contributed by atoms with E-state index in [4.69, 9.17) is 9.47 Å². The number of epoxide rings is 2. The fraction of sp³-hybridized carbons (Fsp3) is 0.316. The highest BCUT2D eigenvalue weighted by Crippen LogP contribution is 2.27. The fourth-order valence-electron chi connectivity index (χ4n) is 2.87. The second kappa shape index (κ2) is 5.67. The van der Waals surface area contributed by atoms with Crippen LogP contribution in [0.1, 0.15) is 27.0 Å². The van der Waals surface area contributed by atoms with Crippen molar-refractivity contribution in [1.29, 1.82) is 0 Å². The van der Waals surface area contributed by atoms with Crippen LogP contribution in [0.3, 0.4) is 0 Å². The van der Waals surface area contributed by atoms with Crippen molar-refractivity contribution in [2.45, 2.75) is 25.0 Å². The lowest BCUT2D eigenvalue weighted by Crippen LogP contribution is -2.11. The normalized spacial score (nSPS) is 22.4. The van der Waals surface area contributed by atoms with Gasteiger partial charge in [0, 0.05) is 24.0 Å². The van der Waals surface area contributed by atoms with Crippen LogP contribution >= 0.6 is 0 Å². The first-order chi connectivity index (χ1) is 10.8. The van der Waals surface area contributed by atoms with Crippen LogP contribution in [0.25, 0.3) is 0 Å². The monoisotopic (exact) mass is 294 g/mol. The first-order valence-electron chi connectivity index (χ1n) is 7.75. The van der Waals surface area contributed by atoms with Gasteiger partial charge in [-0.3, -0.25) is 4.79 Å². The van der Waals surface area contributed by atoms with Gasteiger partial charge in [0.15, 0.2) is 5.78 Å². The third-order valence-corrected chi connectivity index (χ3v) is 4.24. The molecule has 2 aromatic rings. The molecule has 3 heteroatoms. The third kappa shape index (κ3) is 2.96. The van der Waals surface area contributed by atoms with E-state index in [0.29, 0.717) is 6.10 Å². The highest BCUT2D eigenvalue weighted by molar-refractivity contribution is 6.10. The Labute approximate surface area is 129 Å². The molecule has 0 spiro atoms. The average molecular weight is 294 g/mol. The van der Waals surface area contributed by atoms with Gasteiger partial charge in [0.2, 0.25) is 0 Å². The zero-order valence-electron chi connectivity index (χ0n) is 12.3. The molecule has 112 valence electrons. The molecule has 0 radical (unpaired) electrons. The molecule has 0 amide bonds. The summed E-state index contributed by atoms with van der Waals surface area (Å²) in [7, 11) is 0. The smallest absolute Gasteiger partial charge is 0.193 e. The van der Waals surface area contributed by atoms with E-state index in [9.17, 15) is 4.79 Å². The summed E-state index contributed by atoms with van der Waals surface area (Å²) in [5.74, 6) is 0.0924. The van der Waals surface area contributed by atoms with Gasteiger partial charge in [-0.2, -0.15) is 0 Å². The van der Waals surface area contributed by atoms with E-state index in [1.807, 2.05) is 42.5 Å². The molecule has 2 fully saturated rings. The molecule has 2 aromatic carbocycles. The van der Waals surface area contributed by atoms with Gasteiger partial charge in [0.1, 0.15) is 0 Å². The number of carbonyl (C=O) groups excluding carboxylic acids is 1. The lowest BCUT2D eigenvalue weighted by Gasteiger charge is -2.13. The fourth-order valence-corrected chi connectivity index (χ4v) is 2.87. The third-order valence-electron chi connectivity index (χ3n) is 4.24. The quantitative estimate of drug-likeness (QED) is 0.608. The first-order valence-corrected chi connectivity index (χ1v) is 7.75. The maximum atomic E-state index is 12.9. The zero-order chi connectivity index (χ0) is 14.9. The molecule has 22 heavy (non-hydrogen) atoms. The molecule has 0 aliphatic carbocycles. The molecule has 2 unspecified atom stereocenters. The average Bonchev–Trinajstić information content (AvgIpc) is 3.45. The van der Waals surface area contributed by atoms with E-state index in [1.165, 1.54) is 5.56 Å². The molecular weight excluding hydrogens is 276 g/mol. The Balaban J connectivity index is 1.71. The van der Waals surface area contributed by atoms with Crippen molar-refractivity contribution in [1.82, 2.24) is 0 Å². The Morgan fingerprint density at radius 3 is 2.27 bits per heavy atom. The van der Waals surface area contributed by atoms with E-state index >= 15 is 0 Å². The summed E-state index contributed by atoms with van der Waals surface area (Å²) in [6.45, 7) is 1.63. The summed E-state index contributed by atoms with van der Waals surface area (Å²) in [5.41, 5.74) is 3.90. The highest BCUT2D eigenvalue weighted by Gasteiger charge is 2.29. The van der Waals surface area contributed by atoms with Crippen molar-refractivity contribution in [2.24, 2.45) is 0 Å². The van der Waals surface area contributed by atoms with Crippen molar-refractivity contribution in [3.05, 3.63) is 70.8 Å². The van der Waals surface area contributed by atoms with Crippen LogP contribution in [0.15, 0.2) is 48.5 Å². The molecule has 0 saturated carbocycles. The second-order valence-corrected chi connectivity index (χ2v) is 5.96. The summed E-state index contributed by atoms with van der Waals surface area (Å²) in [6, 6.07) is 15.5. The number of benzene rings is 2. The standard InChI is InChI=1S/C19H18O3/c20-19(13-5-2-1-3-6-13)17-8-4-7-14(9-15-11-21-15)18(17)10-16-12-22-16/h1-8,15-16H,9-12H2. The predicted octanol–water partition coefficient (Wildman–Crippen LogP) is 2.80. The summed E-state index contributed by atoms with van der Waals surface area (Å²) in [4.78, 5) is 12.9. The maximum absolute atomic E-state index is 12.9. The molecule has 2 saturated heterocycles. The van der Waals surface area contributed by atoms with Crippen LogP contribution in [0.4, 0.5) is 0 Å². The van der Waals surface area contributed by atoms with Crippen molar-refractivity contribution in [3.8, 4) is 0 Å². The van der Waals surface area contributed by atoms with Gasteiger partial charge in [-0.05, 0) is 11.1 Å². The van der Waals surface area contributed by atoms with Gasteiger partial charge in [-0.25, -0.2) is 0 Å². The largest absolute Gasteiger partial charge is 0.373 e. The number of hydrogen-bond acceptors (Lipinski definition) is 3. The molecular formula is C19H18O3. The van der Waals surface area contributed by atoms with Crippen molar-refractivity contribution >= 4 is 5.78 Å². The van der Waals surface area contributed by atoms with E-state index < -0.39 is 0 Å². The Kier molecular flexibility index (Phi) is 3.53. The van der Waals surface area contributed by atoms with Gasteiger partial charge in [0.05, 0.1) is 25.4 Å². The van der Waals surface area contributed by atoms with Gasteiger partial charge in [-0.1, -0.05) is 48.5 Å². The molecule has 2 aliphatic heterocycles. The second-order valence-electron chi connectivity index (χ2n) is 5.96. The Bertz CT molecular complexity index is 685.